The third-order valence-electron chi connectivity index (χ3n) is 4.96. The van der Waals surface area contributed by atoms with Gasteiger partial charge in [-0.2, -0.15) is 0 Å². The normalized spacial score (nSPS) is 12.5. The summed E-state index contributed by atoms with van der Waals surface area (Å²) < 4.78 is 17.4. The third kappa shape index (κ3) is 22.2. The Hall–Kier alpha value is -2.04. The Morgan fingerprint density at radius 2 is 1.54 bits per heavy atom. The highest BCUT2D eigenvalue weighted by Gasteiger charge is 2.10. The largest absolute Gasteiger partial charge is 0.381 e. The van der Waals surface area contributed by atoms with Crippen molar-refractivity contribution in [2.45, 2.75) is 64.2 Å². The second kappa shape index (κ2) is 23.7. The monoisotopic (exact) mass is 497 g/mol. The second-order valence-corrected chi connectivity index (χ2v) is 8.26. The summed E-state index contributed by atoms with van der Waals surface area (Å²) in [7, 11) is 0. The van der Waals surface area contributed by atoms with E-state index in [0.717, 1.165) is 44.9 Å². The van der Waals surface area contributed by atoms with Crippen LogP contribution in [0.15, 0.2) is 37.5 Å². The zero-order valence-corrected chi connectivity index (χ0v) is 21.5. The number of unbranched alkanes of at least 4 members (excludes halogenated alkanes) is 2. The highest BCUT2D eigenvalue weighted by Crippen LogP contribution is 2.09. The van der Waals surface area contributed by atoms with Gasteiger partial charge in [-0.1, -0.05) is 32.6 Å². The van der Waals surface area contributed by atoms with E-state index in [1.54, 1.807) is 6.92 Å². The summed E-state index contributed by atoms with van der Waals surface area (Å²) in [6.45, 7) is 17.0. The summed E-state index contributed by atoms with van der Waals surface area (Å²) in [5, 5.41) is 17.9. The molecule has 0 aliphatic heterocycles. The molecule has 0 fully saturated rings. The first-order valence-corrected chi connectivity index (χ1v) is 12.6. The van der Waals surface area contributed by atoms with E-state index in [2.05, 4.69) is 35.7 Å². The van der Waals surface area contributed by atoms with E-state index in [9.17, 15) is 14.7 Å². The number of ether oxygens (including phenoxy) is 3. The van der Waals surface area contributed by atoms with Crippen molar-refractivity contribution in [2.24, 2.45) is 0 Å². The Labute approximate surface area is 211 Å². The maximum absolute atomic E-state index is 11.4. The van der Waals surface area contributed by atoms with Crippen LogP contribution >= 0.6 is 0 Å². The van der Waals surface area contributed by atoms with Gasteiger partial charge in [-0.15, -0.1) is 0 Å². The molecular formula is C26H47N3O6. The fraction of sp³-hybridized carbons (Fsp3) is 0.692. The molecule has 2 atom stereocenters. The Kier molecular flexibility index (Phi) is 22.3. The Bertz CT molecular complexity index is 600. The van der Waals surface area contributed by atoms with Gasteiger partial charge in [0.05, 0.1) is 12.7 Å². The molecule has 9 nitrogen and oxygen atoms in total. The van der Waals surface area contributed by atoms with Crippen LogP contribution in [0, 0.1) is 0 Å². The summed E-state index contributed by atoms with van der Waals surface area (Å²) >= 11 is 0. The second-order valence-electron chi connectivity index (χ2n) is 8.26. The highest BCUT2D eigenvalue weighted by atomic mass is 16.5. The highest BCUT2D eigenvalue weighted by molar-refractivity contribution is 5.92. The number of aliphatic hydroxyl groups excluding tert-OH is 1. The SMILES string of the molecule is C=CC(=O)NCCCOCC(CCCCCOCCCNC(=O)C(=C)C)OCCCNC(O)C=C. The van der Waals surface area contributed by atoms with E-state index in [1.807, 2.05) is 0 Å². The topological polar surface area (TPSA) is 118 Å². The van der Waals surface area contributed by atoms with Crippen LogP contribution in [0.2, 0.25) is 0 Å². The molecule has 0 saturated heterocycles. The summed E-state index contributed by atoms with van der Waals surface area (Å²) in [6.07, 6.45) is 8.18. The number of aliphatic hydroxyl groups is 1. The van der Waals surface area contributed by atoms with Crippen molar-refractivity contribution in [1.29, 1.82) is 0 Å². The molecule has 0 aliphatic rings. The maximum atomic E-state index is 11.4. The van der Waals surface area contributed by atoms with Crippen molar-refractivity contribution in [3.63, 3.8) is 0 Å². The van der Waals surface area contributed by atoms with Gasteiger partial charge < -0.3 is 30.0 Å². The molecule has 0 bridgehead atoms. The molecule has 0 aromatic rings. The van der Waals surface area contributed by atoms with Crippen LogP contribution in [0.5, 0.6) is 0 Å². The van der Waals surface area contributed by atoms with Gasteiger partial charge >= 0.3 is 0 Å². The number of hydrogen-bond donors (Lipinski definition) is 4. The molecule has 4 N–H and O–H groups in total. The van der Waals surface area contributed by atoms with Gasteiger partial charge in [0.15, 0.2) is 0 Å². The van der Waals surface area contributed by atoms with E-state index in [4.69, 9.17) is 14.2 Å². The van der Waals surface area contributed by atoms with E-state index in [0.29, 0.717) is 58.2 Å². The number of amides is 2. The molecule has 35 heavy (non-hydrogen) atoms. The van der Waals surface area contributed by atoms with Crippen molar-refractivity contribution in [1.82, 2.24) is 16.0 Å². The van der Waals surface area contributed by atoms with E-state index >= 15 is 0 Å². The molecular weight excluding hydrogens is 450 g/mol. The summed E-state index contributed by atoms with van der Waals surface area (Å²) in [5.41, 5.74) is 0.513. The maximum Gasteiger partial charge on any atom is 0.246 e. The number of rotatable bonds is 25. The van der Waals surface area contributed by atoms with Crippen LogP contribution < -0.4 is 16.0 Å². The number of carbonyl (C=O) groups is 2. The lowest BCUT2D eigenvalue weighted by atomic mass is 10.1. The van der Waals surface area contributed by atoms with Crippen LogP contribution in [0.1, 0.15) is 51.9 Å². The molecule has 9 heteroatoms. The smallest absolute Gasteiger partial charge is 0.246 e. The van der Waals surface area contributed by atoms with Crippen molar-refractivity contribution in [3.05, 3.63) is 37.5 Å². The van der Waals surface area contributed by atoms with E-state index < -0.39 is 6.23 Å². The van der Waals surface area contributed by atoms with Gasteiger partial charge in [-0.05, 0) is 57.7 Å². The lowest BCUT2D eigenvalue weighted by molar-refractivity contribution is -0.117. The number of carbonyl (C=O) groups excluding carboxylic acids is 2. The van der Waals surface area contributed by atoms with Crippen molar-refractivity contribution in [2.75, 3.05) is 52.7 Å². The van der Waals surface area contributed by atoms with Crippen molar-refractivity contribution < 1.29 is 28.9 Å². The molecule has 0 rings (SSSR count). The third-order valence-corrected chi connectivity index (χ3v) is 4.96. The van der Waals surface area contributed by atoms with Gasteiger partial charge in [0, 0.05) is 45.1 Å². The molecule has 0 aromatic heterocycles. The van der Waals surface area contributed by atoms with Gasteiger partial charge in [-0.3, -0.25) is 14.9 Å². The minimum atomic E-state index is -0.701. The van der Waals surface area contributed by atoms with Gasteiger partial charge in [0.1, 0.15) is 6.23 Å². The predicted molar refractivity (Wildman–Crippen MR) is 139 cm³/mol. The van der Waals surface area contributed by atoms with Crippen LogP contribution in [0.25, 0.3) is 0 Å². The number of nitrogens with one attached hydrogen (secondary N) is 3. The average Bonchev–Trinajstić information content (AvgIpc) is 2.85. The Morgan fingerprint density at radius 3 is 2.23 bits per heavy atom. The van der Waals surface area contributed by atoms with Crippen molar-refractivity contribution >= 4 is 11.8 Å². The molecule has 0 radical (unpaired) electrons. The Morgan fingerprint density at radius 1 is 0.886 bits per heavy atom. The minimum Gasteiger partial charge on any atom is -0.381 e. The zero-order valence-electron chi connectivity index (χ0n) is 21.5. The molecule has 0 aromatic carbocycles. The molecule has 202 valence electrons. The standard InChI is InChI=1S/C26H47N3O6/c1-5-24(30)27-14-10-19-34-21-23(35-20-12-15-28-25(31)6-2)13-8-7-9-17-33-18-11-16-29-26(32)22(3)4/h5-6,23,25,28,31H,1-3,7-21H2,4H3,(H,27,30)(H,29,32). The fourth-order valence-corrected chi connectivity index (χ4v) is 2.93. The first-order chi connectivity index (χ1) is 16.9. The number of hydrogen-bond acceptors (Lipinski definition) is 7. The van der Waals surface area contributed by atoms with E-state index in [-0.39, 0.29) is 17.9 Å². The predicted octanol–water partition coefficient (Wildman–Crippen LogP) is 2.22. The first kappa shape index (κ1) is 33.0. The van der Waals surface area contributed by atoms with Crippen LogP contribution in [0.3, 0.4) is 0 Å². The summed E-state index contributed by atoms with van der Waals surface area (Å²) in [6, 6.07) is 0. The molecule has 0 spiro atoms. The molecule has 2 amide bonds. The zero-order chi connectivity index (χ0) is 26.2. The molecule has 2 unspecified atom stereocenters. The fourth-order valence-electron chi connectivity index (χ4n) is 2.93. The summed E-state index contributed by atoms with van der Waals surface area (Å²) in [4.78, 5) is 22.5. The van der Waals surface area contributed by atoms with Crippen molar-refractivity contribution in [3.8, 4) is 0 Å². The van der Waals surface area contributed by atoms with Gasteiger partial charge in [0.2, 0.25) is 11.8 Å². The lowest BCUT2D eigenvalue weighted by Crippen LogP contribution is -2.29. The first-order valence-electron chi connectivity index (χ1n) is 12.6. The minimum absolute atomic E-state index is 0.0000549. The van der Waals surface area contributed by atoms with E-state index in [1.165, 1.54) is 12.2 Å². The Balaban J connectivity index is 3.97. The lowest BCUT2D eigenvalue weighted by Gasteiger charge is -2.19. The summed E-state index contributed by atoms with van der Waals surface area (Å²) in [5.74, 6) is -0.296. The van der Waals surface area contributed by atoms with Gasteiger partial charge in [0.25, 0.3) is 0 Å². The van der Waals surface area contributed by atoms with Gasteiger partial charge in [-0.25, -0.2) is 0 Å². The van der Waals surface area contributed by atoms with Crippen LogP contribution in [-0.2, 0) is 23.8 Å². The quantitative estimate of drug-likeness (QED) is 0.0661. The molecule has 0 saturated carbocycles. The van der Waals surface area contributed by atoms with Crippen LogP contribution in [-0.4, -0.2) is 81.9 Å². The average molecular weight is 498 g/mol. The molecule has 0 heterocycles. The van der Waals surface area contributed by atoms with Crippen LogP contribution in [0.4, 0.5) is 0 Å². The molecule has 0 aliphatic carbocycles.